The molecule has 0 aliphatic heterocycles. The second-order valence-electron chi connectivity index (χ2n) is 5.37. The van der Waals surface area contributed by atoms with Gasteiger partial charge in [0.1, 0.15) is 0 Å². The molecule has 0 aliphatic rings. The summed E-state index contributed by atoms with van der Waals surface area (Å²) in [6.45, 7) is 0. The highest BCUT2D eigenvalue weighted by Crippen LogP contribution is 2.24. The fourth-order valence-electron chi connectivity index (χ4n) is 2.31. The summed E-state index contributed by atoms with van der Waals surface area (Å²) in [4.78, 5) is -0.154. The minimum absolute atomic E-state index is 0.0727. The van der Waals surface area contributed by atoms with Crippen molar-refractivity contribution in [2.24, 2.45) is 0 Å². The third-order valence-corrected chi connectivity index (χ3v) is 5.80. The summed E-state index contributed by atoms with van der Waals surface area (Å²) >= 11 is 0. The minimum Gasteiger partial charge on any atom is -0.399 e. The van der Waals surface area contributed by atoms with Crippen LogP contribution in [0.15, 0.2) is 70.5 Å². The van der Waals surface area contributed by atoms with Crippen LogP contribution in [0.5, 0.6) is 0 Å². The zero-order chi connectivity index (χ0) is 18.2. The lowest BCUT2D eigenvalue weighted by Crippen LogP contribution is -2.12. The second kappa shape index (κ2) is 6.03. The van der Waals surface area contributed by atoms with E-state index in [9.17, 15) is 16.8 Å². The third-order valence-electron chi connectivity index (χ3n) is 3.55. The molecule has 0 amide bonds. The SMILES string of the molecule is Nc1ccc(S(=O)(=O)Nc2ccc3cc(S(=O)(=O)O)ccc3c2)cc1. The normalized spacial score (nSPS) is 12.2. The molecule has 7 nitrogen and oxygen atoms in total. The highest BCUT2D eigenvalue weighted by Gasteiger charge is 2.15. The maximum Gasteiger partial charge on any atom is 0.294 e. The smallest absolute Gasteiger partial charge is 0.294 e. The summed E-state index contributed by atoms with van der Waals surface area (Å²) in [5.41, 5.74) is 6.33. The van der Waals surface area contributed by atoms with Gasteiger partial charge in [0.25, 0.3) is 20.1 Å². The van der Waals surface area contributed by atoms with Gasteiger partial charge in [0.15, 0.2) is 0 Å². The Bertz CT molecular complexity index is 1150. The van der Waals surface area contributed by atoms with Crippen molar-refractivity contribution in [1.82, 2.24) is 0 Å². The van der Waals surface area contributed by atoms with Crippen molar-refractivity contribution in [3.8, 4) is 0 Å². The molecule has 0 aliphatic carbocycles. The summed E-state index contributed by atoms with van der Waals surface area (Å²) in [7, 11) is -8.07. The van der Waals surface area contributed by atoms with Gasteiger partial charge < -0.3 is 5.73 Å². The first-order valence-electron chi connectivity index (χ1n) is 7.05. The average Bonchev–Trinajstić information content (AvgIpc) is 2.53. The summed E-state index contributed by atoms with van der Waals surface area (Å²) < 4.78 is 58.6. The van der Waals surface area contributed by atoms with Crippen LogP contribution in [0, 0.1) is 0 Å². The largest absolute Gasteiger partial charge is 0.399 e. The number of fused-ring (bicyclic) bond motifs is 1. The van der Waals surface area contributed by atoms with Gasteiger partial charge in [-0.3, -0.25) is 9.27 Å². The first-order chi connectivity index (χ1) is 11.6. The topological polar surface area (TPSA) is 127 Å². The monoisotopic (exact) mass is 378 g/mol. The fraction of sp³-hybridized carbons (Fsp3) is 0. The Morgan fingerprint density at radius 3 is 1.96 bits per heavy atom. The zero-order valence-corrected chi connectivity index (χ0v) is 14.4. The number of nitrogen functional groups attached to an aromatic ring is 1. The molecule has 4 N–H and O–H groups in total. The fourth-order valence-corrected chi connectivity index (χ4v) is 3.87. The molecule has 0 fully saturated rings. The number of rotatable bonds is 4. The van der Waals surface area contributed by atoms with Gasteiger partial charge in [-0.15, -0.1) is 0 Å². The molecule has 9 heteroatoms. The molecule has 0 spiro atoms. The van der Waals surface area contributed by atoms with Crippen LogP contribution in [-0.4, -0.2) is 21.4 Å². The number of hydrogen-bond donors (Lipinski definition) is 3. The van der Waals surface area contributed by atoms with Crippen LogP contribution in [0.2, 0.25) is 0 Å². The molecule has 3 aromatic rings. The Morgan fingerprint density at radius 2 is 1.32 bits per heavy atom. The van der Waals surface area contributed by atoms with Gasteiger partial charge in [-0.1, -0.05) is 12.1 Å². The van der Waals surface area contributed by atoms with Crippen LogP contribution < -0.4 is 10.5 Å². The highest BCUT2D eigenvalue weighted by molar-refractivity contribution is 7.92. The van der Waals surface area contributed by atoms with Crippen LogP contribution in [0.25, 0.3) is 10.8 Å². The number of hydrogen-bond acceptors (Lipinski definition) is 5. The van der Waals surface area contributed by atoms with Crippen molar-refractivity contribution in [1.29, 1.82) is 0 Å². The molecule has 0 heterocycles. The first-order valence-corrected chi connectivity index (χ1v) is 9.97. The molecule has 0 saturated heterocycles. The Hall–Kier alpha value is -2.62. The number of anilines is 2. The summed E-state index contributed by atoms with van der Waals surface area (Å²) in [6.07, 6.45) is 0. The van der Waals surface area contributed by atoms with Crippen molar-refractivity contribution < 1.29 is 21.4 Å². The minimum atomic E-state index is -4.29. The van der Waals surface area contributed by atoms with Gasteiger partial charge in [-0.05, 0) is 59.3 Å². The van der Waals surface area contributed by atoms with Crippen LogP contribution >= 0.6 is 0 Å². The molecule has 0 aromatic heterocycles. The lowest BCUT2D eigenvalue weighted by Gasteiger charge is -2.09. The Labute approximate surface area is 144 Å². The van der Waals surface area contributed by atoms with Gasteiger partial charge >= 0.3 is 0 Å². The lowest BCUT2D eigenvalue weighted by molar-refractivity contribution is 0.483. The van der Waals surface area contributed by atoms with Crippen molar-refractivity contribution in [3.05, 3.63) is 60.7 Å². The summed E-state index contributed by atoms with van der Waals surface area (Å²) in [6, 6.07) is 14.5. The van der Waals surface area contributed by atoms with E-state index < -0.39 is 20.1 Å². The molecule has 0 atom stereocenters. The molecule has 0 saturated carbocycles. The number of sulfonamides is 1. The molecule has 25 heavy (non-hydrogen) atoms. The van der Waals surface area contributed by atoms with Crippen LogP contribution in [0.4, 0.5) is 11.4 Å². The van der Waals surface area contributed by atoms with E-state index in [-0.39, 0.29) is 9.79 Å². The van der Waals surface area contributed by atoms with E-state index in [1.54, 1.807) is 12.1 Å². The summed E-state index contributed by atoms with van der Waals surface area (Å²) in [5.74, 6) is 0. The van der Waals surface area contributed by atoms with Crippen LogP contribution in [-0.2, 0) is 20.1 Å². The molecular weight excluding hydrogens is 364 g/mol. The van der Waals surface area contributed by atoms with Crippen molar-refractivity contribution >= 4 is 42.3 Å². The van der Waals surface area contributed by atoms with E-state index >= 15 is 0 Å². The maximum absolute atomic E-state index is 12.4. The molecule has 130 valence electrons. The summed E-state index contributed by atoms with van der Waals surface area (Å²) in [5, 5.41) is 1.16. The van der Waals surface area contributed by atoms with Crippen molar-refractivity contribution in [2.75, 3.05) is 10.5 Å². The Kier molecular flexibility index (Phi) is 4.15. The van der Waals surface area contributed by atoms with Gasteiger partial charge in [0.05, 0.1) is 9.79 Å². The second-order valence-corrected chi connectivity index (χ2v) is 8.48. The van der Waals surface area contributed by atoms with Gasteiger partial charge in [0, 0.05) is 11.4 Å². The maximum atomic E-state index is 12.4. The van der Waals surface area contributed by atoms with Crippen molar-refractivity contribution in [3.63, 3.8) is 0 Å². The van der Waals surface area contributed by atoms with E-state index in [2.05, 4.69) is 4.72 Å². The van der Waals surface area contributed by atoms with E-state index in [1.165, 1.54) is 48.5 Å². The van der Waals surface area contributed by atoms with Gasteiger partial charge in [0.2, 0.25) is 0 Å². The van der Waals surface area contributed by atoms with Gasteiger partial charge in [-0.2, -0.15) is 8.42 Å². The van der Waals surface area contributed by atoms with E-state index in [1.807, 2.05) is 0 Å². The molecular formula is C16H14N2O5S2. The number of benzene rings is 3. The zero-order valence-electron chi connectivity index (χ0n) is 12.7. The molecule has 0 bridgehead atoms. The Balaban J connectivity index is 1.95. The van der Waals surface area contributed by atoms with E-state index in [0.29, 0.717) is 22.1 Å². The molecule has 0 unspecified atom stereocenters. The molecule has 0 radical (unpaired) electrons. The van der Waals surface area contributed by atoms with Crippen LogP contribution in [0.1, 0.15) is 0 Å². The third kappa shape index (κ3) is 3.73. The predicted octanol–water partition coefficient (Wildman–Crippen LogP) is 2.47. The van der Waals surface area contributed by atoms with Crippen molar-refractivity contribution in [2.45, 2.75) is 9.79 Å². The van der Waals surface area contributed by atoms with Crippen LogP contribution in [0.3, 0.4) is 0 Å². The lowest BCUT2D eigenvalue weighted by atomic mass is 10.1. The quantitative estimate of drug-likeness (QED) is 0.473. The number of nitrogens with two attached hydrogens (primary N) is 1. The molecule has 3 rings (SSSR count). The predicted molar refractivity (Wildman–Crippen MR) is 95.4 cm³/mol. The number of nitrogens with one attached hydrogen (secondary N) is 1. The molecule has 3 aromatic carbocycles. The standard InChI is InChI=1S/C16H14N2O5S2/c17-13-3-7-15(8-4-13)24(19,20)18-14-5-1-12-10-16(25(21,22)23)6-2-11(12)9-14/h1-10,18H,17H2,(H,21,22,23). The van der Waals surface area contributed by atoms with E-state index in [0.717, 1.165) is 0 Å². The average molecular weight is 378 g/mol. The highest BCUT2D eigenvalue weighted by atomic mass is 32.2. The first kappa shape index (κ1) is 17.2. The van der Waals surface area contributed by atoms with Gasteiger partial charge in [-0.25, -0.2) is 8.42 Å². The van der Waals surface area contributed by atoms with E-state index in [4.69, 9.17) is 10.3 Å². The Morgan fingerprint density at radius 1 is 0.760 bits per heavy atom.